The number of sulfonamides is 1. The van der Waals surface area contributed by atoms with Crippen LogP contribution in [0.2, 0.25) is 5.15 Å². The minimum Gasteiger partial charge on any atom is -0.465 e. The number of carbonyl (C=O) groups is 1. The molecule has 180 valence electrons. The molecule has 0 unspecified atom stereocenters. The molecule has 2 N–H and O–H groups in total. The van der Waals surface area contributed by atoms with Gasteiger partial charge in [0.15, 0.2) is 0 Å². The lowest BCUT2D eigenvalue weighted by Gasteiger charge is -2.57. The Balaban J connectivity index is 1.73. The van der Waals surface area contributed by atoms with Gasteiger partial charge < -0.3 is 5.11 Å². The molecule has 1 aliphatic heterocycles. The summed E-state index contributed by atoms with van der Waals surface area (Å²) >= 11 is 5.73. The van der Waals surface area contributed by atoms with Crippen LogP contribution in [0.15, 0.2) is 47.5 Å². The highest BCUT2D eigenvalue weighted by Gasteiger charge is 2.50. The highest BCUT2D eigenvalue weighted by molar-refractivity contribution is 7.92. The van der Waals surface area contributed by atoms with Crippen LogP contribution in [0.3, 0.4) is 0 Å². The Morgan fingerprint density at radius 3 is 2.39 bits per heavy atom. The van der Waals surface area contributed by atoms with E-state index < -0.39 is 21.7 Å². The van der Waals surface area contributed by atoms with Crippen LogP contribution >= 0.6 is 11.6 Å². The van der Waals surface area contributed by atoms with Gasteiger partial charge in [0.2, 0.25) is 0 Å². The Bertz CT molecular complexity index is 1100. The number of pyridine rings is 1. The monoisotopic (exact) mass is 494 g/mol. The number of halogens is 1. The van der Waals surface area contributed by atoms with Crippen LogP contribution in [0, 0.1) is 5.41 Å². The van der Waals surface area contributed by atoms with Gasteiger partial charge in [0.25, 0.3) is 10.0 Å². The first-order valence-electron chi connectivity index (χ1n) is 10.7. The molecule has 1 aromatic heterocycles. The third-order valence-electron chi connectivity index (χ3n) is 6.47. The van der Waals surface area contributed by atoms with Gasteiger partial charge in [-0.2, -0.15) is 0 Å². The molecule has 0 spiro atoms. The van der Waals surface area contributed by atoms with Crippen LogP contribution in [0.1, 0.15) is 40.2 Å². The number of aromatic nitrogens is 1. The standard InChI is InChI=1S/C23H31ClN4O4S/c1-16-13-27(15-23(5,22(2,3)4)28(16)21(29)30)14-17-6-8-18(9-7-17)26-33(31,32)19-10-11-20(24)25-12-19/h6-12,16,26H,13-15H2,1-5H3,(H,29,30)/t16-,23-/m0/s1. The number of hydrogen-bond acceptors (Lipinski definition) is 5. The van der Waals surface area contributed by atoms with Gasteiger partial charge in [-0.05, 0) is 49.1 Å². The predicted molar refractivity (Wildman–Crippen MR) is 129 cm³/mol. The Labute approximate surface area is 200 Å². The van der Waals surface area contributed by atoms with Crippen molar-refractivity contribution in [3.05, 3.63) is 53.3 Å². The van der Waals surface area contributed by atoms with E-state index in [2.05, 4.69) is 35.4 Å². The molecule has 1 aromatic carbocycles. The van der Waals surface area contributed by atoms with Crippen molar-refractivity contribution in [1.29, 1.82) is 0 Å². The Hall–Kier alpha value is -2.36. The first-order chi connectivity index (χ1) is 15.2. The number of anilines is 1. The zero-order valence-corrected chi connectivity index (χ0v) is 21.1. The fourth-order valence-electron chi connectivity index (χ4n) is 4.31. The van der Waals surface area contributed by atoms with Gasteiger partial charge in [-0.1, -0.05) is 44.5 Å². The average molecular weight is 495 g/mol. The highest BCUT2D eigenvalue weighted by Crippen LogP contribution is 2.40. The molecule has 1 amide bonds. The minimum absolute atomic E-state index is 0.0303. The van der Waals surface area contributed by atoms with Gasteiger partial charge in [0, 0.05) is 37.6 Å². The topological polar surface area (TPSA) is 103 Å². The summed E-state index contributed by atoms with van der Waals surface area (Å²) in [7, 11) is -3.77. The molecule has 2 heterocycles. The summed E-state index contributed by atoms with van der Waals surface area (Å²) < 4.78 is 27.6. The van der Waals surface area contributed by atoms with Gasteiger partial charge in [-0.25, -0.2) is 18.2 Å². The quantitative estimate of drug-likeness (QED) is 0.592. The highest BCUT2D eigenvalue weighted by atomic mass is 35.5. The minimum atomic E-state index is -3.77. The van der Waals surface area contributed by atoms with Crippen LogP contribution in [0.5, 0.6) is 0 Å². The van der Waals surface area contributed by atoms with E-state index in [-0.39, 0.29) is 21.5 Å². The van der Waals surface area contributed by atoms with Gasteiger partial charge in [0.05, 0.1) is 5.54 Å². The van der Waals surface area contributed by atoms with Crippen molar-refractivity contribution in [2.75, 3.05) is 17.8 Å². The van der Waals surface area contributed by atoms with Crippen LogP contribution in [-0.2, 0) is 16.6 Å². The van der Waals surface area contributed by atoms with Gasteiger partial charge in [0.1, 0.15) is 10.0 Å². The van der Waals surface area contributed by atoms with Crippen molar-refractivity contribution >= 4 is 33.4 Å². The molecule has 0 saturated carbocycles. The number of nitrogens with zero attached hydrogens (tertiary/aromatic N) is 3. The maximum Gasteiger partial charge on any atom is 0.408 e. The van der Waals surface area contributed by atoms with Crippen molar-refractivity contribution in [1.82, 2.24) is 14.8 Å². The molecule has 1 saturated heterocycles. The zero-order valence-electron chi connectivity index (χ0n) is 19.5. The van der Waals surface area contributed by atoms with Crippen LogP contribution in [0.25, 0.3) is 0 Å². The number of rotatable bonds is 5. The maximum absolute atomic E-state index is 12.5. The van der Waals surface area contributed by atoms with Crippen LogP contribution in [-0.4, -0.2) is 59.1 Å². The molecule has 1 fully saturated rings. The largest absolute Gasteiger partial charge is 0.465 e. The van der Waals surface area contributed by atoms with Gasteiger partial charge in [-0.15, -0.1) is 0 Å². The van der Waals surface area contributed by atoms with E-state index in [1.165, 1.54) is 18.3 Å². The number of hydrogen-bond donors (Lipinski definition) is 2. The second-order valence-electron chi connectivity index (χ2n) is 9.81. The fraction of sp³-hybridized carbons (Fsp3) is 0.478. The summed E-state index contributed by atoms with van der Waals surface area (Å²) in [6.07, 6.45) is 0.315. The summed E-state index contributed by atoms with van der Waals surface area (Å²) in [5.41, 5.74) is 0.644. The number of piperazine rings is 1. The van der Waals surface area contributed by atoms with E-state index in [9.17, 15) is 18.3 Å². The number of benzene rings is 1. The lowest BCUT2D eigenvalue weighted by Crippen LogP contribution is -2.70. The van der Waals surface area contributed by atoms with E-state index in [0.717, 1.165) is 5.56 Å². The third kappa shape index (κ3) is 5.42. The van der Waals surface area contributed by atoms with E-state index in [1.54, 1.807) is 17.0 Å². The molecule has 33 heavy (non-hydrogen) atoms. The smallest absolute Gasteiger partial charge is 0.408 e. The summed E-state index contributed by atoms with van der Waals surface area (Å²) in [6, 6.07) is 9.86. The Morgan fingerprint density at radius 1 is 1.24 bits per heavy atom. The van der Waals surface area contributed by atoms with Gasteiger partial charge >= 0.3 is 6.09 Å². The molecule has 10 heteroatoms. The molecule has 0 radical (unpaired) electrons. The van der Waals surface area contributed by atoms with Crippen LogP contribution in [0.4, 0.5) is 10.5 Å². The normalized spacial score (nSPS) is 22.2. The fourth-order valence-corrected chi connectivity index (χ4v) is 5.42. The lowest BCUT2D eigenvalue weighted by atomic mass is 9.71. The Morgan fingerprint density at radius 2 is 1.88 bits per heavy atom. The molecular weight excluding hydrogens is 464 g/mol. The third-order valence-corrected chi connectivity index (χ3v) is 8.06. The molecule has 0 bridgehead atoms. The van der Waals surface area contributed by atoms with E-state index >= 15 is 0 Å². The number of nitrogens with one attached hydrogen (secondary N) is 1. The summed E-state index contributed by atoms with van der Waals surface area (Å²) in [4.78, 5) is 19.7. The van der Waals surface area contributed by atoms with E-state index in [0.29, 0.717) is 25.3 Å². The molecule has 1 aliphatic rings. The molecular formula is C23H31ClN4O4S. The number of carboxylic acid groups (broad SMARTS) is 1. The van der Waals surface area contributed by atoms with Crippen molar-refractivity contribution in [2.24, 2.45) is 5.41 Å². The summed E-state index contributed by atoms with van der Waals surface area (Å²) in [5.74, 6) is 0. The van der Waals surface area contributed by atoms with E-state index in [4.69, 9.17) is 11.6 Å². The van der Waals surface area contributed by atoms with Crippen molar-refractivity contribution in [3.63, 3.8) is 0 Å². The SMILES string of the molecule is C[C@H]1CN(Cc2ccc(NS(=O)(=O)c3ccc(Cl)nc3)cc2)C[C@@](C)(C(C)(C)C)N1C(=O)O. The van der Waals surface area contributed by atoms with Crippen molar-refractivity contribution < 1.29 is 18.3 Å². The molecule has 2 aromatic rings. The first kappa shape index (κ1) is 25.3. The first-order valence-corrected chi connectivity index (χ1v) is 12.6. The Kier molecular flexibility index (Phi) is 6.98. The molecule has 3 rings (SSSR count). The molecule has 8 nitrogen and oxygen atoms in total. The van der Waals surface area contributed by atoms with E-state index in [1.807, 2.05) is 26.0 Å². The number of amides is 1. The van der Waals surface area contributed by atoms with Gasteiger partial charge in [-0.3, -0.25) is 14.5 Å². The summed E-state index contributed by atoms with van der Waals surface area (Å²) in [6.45, 7) is 12.0. The second-order valence-corrected chi connectivity index (χ2v) is 11.9. The predicted octanol–water partition coefficient (Wildman–Crippen LogP) is 4.52. The zero-order chi connectivity index (χ0) is 24.6. The molecule has 2 atom stereocenters. The average Bonchev–Trinajstić information content (AvgIpc) is 2.68. The van der Waals surface area contributed by atoms with Crippen molar-refractivity contribution in [3.8, 4) is 0 Å². The summed E-state index contributed by atoms with van der Waals surface area (Å²) in [5, 5.41) is 10.1. The van der Waals surface area contributed by atoms with Crippen LogP contribution < -0.4 is 4.72 Å². The van der Waals surface area contributed by atoms with Crippen molar-refractivity contribution in [2.45, 2.75) is 57.6 Å². The molecule has 0 aliphatic carbocycles. The lowest BCUT2D eigenvalue weighted by molar-refractivity contribution is -0.0716. The second kappa shape index (κ2) is 9.12. The maximum atomic E-state index is 12.5.